The van der Waals surface area contributed by atoms with Crippen molar-refractivity contribution in [3.63, 3.8) is 0 Å². The number of hydrogen-bond acceptors (Lipinski definition) is 4. The van der Waals surface area contributed by atoms with Crippen LogP contribution in [-0.2, 0) is 0 Å². The molecule has 1 fully saturated rings. The minimum absolute atomic E-state index is 0.0540. The van der Waals surface area contributed by atoms with E-state index in [1.807, 2.05) is 17.5 Å². The van der Waals surface area contributed by atoms with Crippen LogP contribution < -0.4 is 5.56 Å². The molecule has 3 rings (SSSR count). The highest BCUT2D eigenvalue weighted by Crippen LogP contribution is 2.26. The van der Waals surface area contributed by atoms with E-state index < -0.39 is 0 Å². The Kier molecular flexibility index (Phi) is 3.48. The number of thiophene rings is 1. The molecule has 0 bridgehead atoms. The summed E-state index contributed by atoms with van der Waals surface area (Å²) in [6.45, 7) is 2.12. The highest BCUT2D eigenvalue weighted by atomic mass is 32.1. The number of likely N-dealkylation sites (tertiary alicyclic amines) is 1. The van der Waals surface area contributed by atoms with Gasteiger partial charge in [0.1, 0.15) is 5.82 Å². The van der Waals surface area contributed by atoms with Crippen LogP contribution in [-0.4, -0.2) is 35.0 Å². The number of nitrogens with one attached hydrogen (secondary N) is 1. The van der Waals surface area contributed by atoms with Crippen LogP contribution in [0.1, 0.15) is 24.5 Å². The van der Waals surface area contributed by atoms with Gasteiger partial charge in [-0.1, -0.05) is 6.07 Å². The first-order valence-corrected chi connectivity index (χ1v) is 7.44. The number of aromatic amines is 1. The SMILES string of the molecule is CN1CCCC(c2cc(=O)[nH]c(-c3cccs3)n2)C1. The quantitative estimate of drug-likeness (QED) is 0.915. The molecule has 0 aromatic carbocycles. The van der Waals surface area contributed by atoms with Crippen LogP contribution >= 0.6 is 11.3 Å². The molecule has 2 aromatic heterocycles. The van der Waals surface area contributed by atoms with Gasteiger partial charge >= 0.3 is 0 Å². The zero-order valence-corrected chi connectivity index (χ0v) is 11.7. The molecule has 0 amide bonds. The van der Waals surface area contributed by atoms with Crippen LogP contribution in [0.2, 0.25) is 0 Å². The lowest BCUT2D eigenvalue weighted by Crippen LogP contribution is -2.31. The van der Waals surface area contributed by atoms with Crippen molar-refractivity contribution >= 4 is 11.3 Å². The normalized spacial score (nSPS) is 20.6. The van der Waals surface area contributed by atoms with Crippen LogP contribution in [0, 0.1) is 0 Å². The van der Waals surface area contributed by atoms with E-state index in [2.05, 4.69) is 21.9 Å². The van der Waals surface area contributed by atoms with E-state index in [0.29, 0.717) is 11.7 Å². The van der Waals surface area contributed by atoms with Crippen molar-refractivity contribution in [3.8, 4) is 10.7 Å². The molecule has 1 aliphatic rings. The lowest BCUT2D eigenvalue weighted by Gasteiger charge is -2.29. The van der Waals surface area contributed by atoms with E-state index in [4.69, 9.17) is 0 Å². The molecule has 5 heteroatoms. The number of piperidine rings is 1. The van der Waals surface area contributed by atoms with E-state index in [-0.39, 0.29) is 5.56 Å². The van der Waals surface area contributed by atoms with E-state index in [0.717, 1.165) is 30.1 Å². The molecule has 1 atom stereocenters. The first kappa shape index (κ1) is 12.6. The number of aromatic nitrogens is 2. The molecule has 2 aromatic rings. The molecular weight excluding hydrogens is 258 g/mol. The Bertz CT molecular complexity index is 605. The lowest BCUT2D eigenvalue weighted by atomic mass is 9.95. The monoisotopic (exact) mass is 275 g/mol. The van der Waals surface area contributed by atoms with E-state index >= 15 is 0 Å². The van der Waals surface area contributed by atoms with Crippen molar-refractivity contribution in [2.75, 3.05) is 20.1 Å². The van der Waals surface area contributed by atoms with Crippen LogP contribution in [0.25, 0.3) is 10.7 Å². The van der Waals surface area contributed by atoms with Crippen LogP contribution in [0.15, 0.2) is 28.4 Å². The van der Waals surface area contributed by atoms with Gasteiger partial charge in [-0.15, -0.1) is 11.3 Å². The van der Waals surface area contributed by atoms with Gasteiger partial charge in [-0.2, -0.15) is 0 Å². The molecule has 100 valence electrons. The molecule has 1 aliphatic heterocycles. The molecule has 0 spiro atoms. The van der Waals surface area contributed by atoms with Crippen LogP contribution in [0.5, 0.6) is 0 Å². The molecule has 3 heterocycles. The molecule has 1 unspecified atom stereocenters. The molecule has 19 heavy (non-hydrogen) atoms. The van der Waals surface area contributed by atoms with E-state index in [1.165, 1.54) is 6.42 Å². The zero-order chi connectivity index (χ0) is 13.2. The number of H-pyrrole nitrogens is 1. The van der Waals surface area contributed by atoms with Gasteiger partial charge in [0.2, 0.25) is 0 Å². The van der Waals surface area contributed by atoms with Gasteiger partial charge < -0.3 is 9.88 Å². The molecule has 0 aliphatic carbocycles. The van der Waals surface area contributed by atoms with Crippen molar-refractivity contribution in [1.82, 2.24) is 14.9 Å². The molecule has 1 N–H and O–H groups in total. The van der Waals surface area contributed by atoms with E-state index in [1.54, 1.807) is 17.4 Å². The smallest absolute Gasteiger partial charge is 0.251 e. The lowest BCUT2D eigenvalue weighted by molar-refractivity contribution is 0.248. The third kappa shape index (κ3) is 2.77. The van der Waals surface area contributed by atoms with Gasteiger partial charge in [-0.05, 0) is 37.9 Å². The topological polar surface area (TPSA) is 49.0 Å². The van der Waals surface area contributed by atoms with Gasteiger partial charge in [0, 0.05) is 18.5 Å². The van der Waals surface area contributed by atoms with Gasteiger partial charge in [0.15, 0.2) is 0 Å². The first-order chi connectivity index (χ1) is 9.22. The average molecular weight is 275 g/mol. The standard InChI is InChI=1S/C14H17N3OS/c1-17-6-2-4-10(9-17)11-8-13(18)16-14(15-11)12-5-3-7-19-12/h3,5,7-8,10H,2,4,6,9H2,1H3,(H,15,16,18). The second kappa shape index (κ2) is 5.27. The number of rotatable bonds is 2. The molecule has 0 saturated carbocycles. The Balaban J connectivity index is 1.96. The largest absolute Gasteiger partial charge is 0.306 e. The fraction of sp³-hybridized carbons (Fsp3) is 0.429. The summed E-state index contributed by atoms with van der Waals surface area (Å²) in [4.78, 5) is 22.6. The van der Waals surface area contributed by atoms with Gasteiger partial charge in [-0.3, -0.25) is 4.79 Å². The predicted molar refractivity (Wildman–Crippen MR) is 77.6 cm³/mol. The minimum atomic E-state index is -0.0540. The maximum Gasteiger partial charge on any atom is 0.251 e. The summed E-state index contributed by atoms with van der Waals surface area (Å²) in [5.74, 6) is 1.07. The van der Waals surface area contributed by atoms with Gasteiger partial charge in [-0.25, -0.2) is 4.98 Å². The average Bonchev–Trinajstić information content (AvgIpc) is 2.92. The summed E-state index contributed by atoms with van der Waals surface area (Å²) in [7, 11) is 2.12. The summed E-state index contributed by atoms with van der Waals surface area (Å²) >= 11 is 1.60. The summed E-state index contributed by atoms with van der Waals surface area (Å²) in [6, 6.07) is 5.61. The molecular formula is C14H17N3OS. The number of hydrogen-bond donors (Lipinski definition) is 1. The predicted octanol–water partition coefficient (Wildman–Crippen LogP) is 2.31. The molecule has 4 nitrogen and oxygen atoms in total. The van der Waals surface area contributed by atoms with Crippen molar-refractivity contribution < 1.29 is 0 Å². The highest BCUT2D eigenvalue weighted by Gasteiger charge is 2.21. The van der Waals surface area contributed by atoms with Crippen LogP contribution in [0.4, 0.5) is 0 Å². The fourth-order valence-electron chi connectivity index (χ4n) is 2.62. The molecule has 0 radical (unpaired) electrons. The Labute approximate surface area is 116 Å². The Morgan fingerprint density at radius 1 is 1.53 bits per heavy atom. The maximum atomic E-state index is 11.8. The molecule has 1 saturated heterocycles. The summed E-state index contributed by atoms with van der Waals surface area (Å²) in [6.07, 6.45) is 2.29. The third-order valence-electron chi connectivity index (χ3n) is 3.56. The van der Waals surface area contributed by atoms with Crippen molar-refractivity contribution in [2.45, 2.75) is 18.8 Å². The highest BCUT2D eigenvalue weighted by molar-refractivity contribution is 7.13. The van der Waals surface area contributed by atoms with Gasteiger partial charge in [0.05, 0.1) is 10.6 Å². The van der Waals surface area contributed by atoms with Gasteiger partial charge in [0.25, 0.3) is 5.56 Å². The second-order valence-electron chi connectivity index (χ2n) is 5.10. The summed E-state index contributed by atoms with van der Waals surface area (Å²) < 4.78 is 0. The van der Waals surface area contributed by atoms with Crippen molar-refractivity contribution in [1.29, 1.82) is 0 Å². The van der Waals surface area contributed by atoms with Crippen molar-refractivity contribution in [2.24, 2.45) is 0 Å². The maximum absolute atomic E-state index is 11.8. The third-order valence-corrected chi connectivity index (χ3v) is 4.44. The van der Waals surface area contributed by atoms with E-state index in [9.17, 15) is 4.79 Å². The van der Waals surface area contributed by atoms with Crippen LogP contribution in [0.3, 0.4) is 0 Å². The summed E-state index contributed by atoms with van der Waals surface area (Å²) in [5.41, 5.74) is 0.875. The van der Waals surface area contributed by atoms with Crippen molar-refractivity contribution in [3.05, 3.63) is 39.6 Å². The zero-order valence-electron chi connectivity index (χ0n) is 10.9. The number of nitrogens with zero attached hydrogens (tertiary/aromatic N) is 2. The first-order valence-electron chi connectivity index (χ1n) is 6.56. The second-order valence-corrected chi connectivity index (χ2v) is 6.05. The Hall–Kier alpha value is -1.46. The Morgan fingerprint density at radius 3 is 3.16 bits per heavy atom. The Morgan fingerprint density at radius 2 is 2.42 bits per heavy atom. The summed E-state index contributed by atoms with van der Waals surface area (Å²) in [5, 5.41) is 2.00. The number of likely N-dealkylation sites (N-methyl/N-ethyl adjacent to an activating group) is 1. The minimum Gasteiger partial charge on any atom is -0.306 e. The fourth-order valence-corrected chi connectivity index (χ4v) is 3.29.